The van der Waals surface area contributed by atoms with Gasteiger partial charge in [0.1, 0.15) is 12.6 Å². The minimum absolute atomic E-state index is 0.160. The Balaban J connectivity index is 1.77. The van der Waals surface area contributed by atoms with Crippen LogP contribution in [0.3, 0.4) is 0 Å². The van der Waals surface area contributed by atoms with E-state index >= 15 is 0 Å². The molecule has 0 bridgehead atoms. The number of ether oxygens (including phenoxy) is 2. The molecule has 6 heteroatoms. The molecule has 0 spiro atoms. The maximum atomic E-state index is 11.9. The summed E-state index contributed by atoms with van der Waals surface area (Å²) in [5.41, 5.74) is 0.964. The van der Waals surface area contributed by atoms with E-state index in [1.807, 2.05) is 30.3 Å². The fraction of sp³-hybridized carbons (Fsp3) is 0.500. The highest BCUT2D eigenvalue weighted by molar-refractivity contribution is 5.84. The molecule has 1 aromatic carbocycles. The van der Waals surface area contributed by atoms with Crippen molar-refractivity contribution in [3.05, 3.63) is 35.9 Å². The van der Waals surface area contributed by atoms with Gasteiger partial charge in [0.05, 0.1) is 13.2 Å². The predicted octanol–water partition coefficient (Wildman–Crippen LogP) is 1.20. The molecule has 2 rings (SSSR count). The average Bonchev–Trinajstić information content (AvgIpc) is 2.54. The molecule has 1 saturated heterocycles. The lowest BCUT2D eigenvalue weighted by Crippen LogP contribution is -2.49. The van der Waals surface area contributed by atoms with Gasteiger partial charge in [-0.3, -0.25) is 4.79 Å². The fourth-order valence-electron chi connectivity index (χ4n) is 2.46. The van der Waals surface area contributed by atoms with Gasteiger partial charge in [0.25, 0.3) is 0 Å². The van der Waals surface area contributed by atoms with Gasteiger partial charge in [-0.1, -0.05) is 30.3 Å². The Bertz CT molecular complexity index is 485. The second kappa shape index (κ2) is 8.51. The van der Waals surface area contributed by atoms with Crippen molar-refractivity contribution in [3.8, 4) is 0 Å². The van der Waals surface area contributed by atoms with Gasteiger partial charge in [0, 0.05) is 12.5 Å². The lowest BCUT2D eigenvalue weighted by molar-refractivity contribution is -0.146. The molecule has 0 aromatic heterocycles. The average molecular weight is 307 g/mol. The van der Waals surface area contributed by atoms with Crippen LogP contribution in [0.15, 0.2) is 30.3 Å². The third kappa shape index (κ3) is 5.13. The Morgan fingerprint density at radius 1 is 1.36 bits per heavy atom. The molecule has 2 N–H and O–H groups in total. The first-order valence-electron chi connectivity index (χ1n) is 7.38. The number of hydrogen-bond donors (Lipinski definition) is 2. The summed E-state index contributed by atoms with van der Waals surface area (Å²) in [5.74, 6) is -1.65. The van der Waals surface area contributed by atoms with Crippen LogP contribution in [0.4, 0.5) is 0 Å². The highest BCUT2D eigenvalue weighted by Gasteiger charge is 2.31. The van der Waals surface area contributed by atoms with E-state index in [0.29, 0.717) is 19.8 Å². The summed E-state index contributed by atoms with van der Waals surface area (Å²) < 4.78 is 10.6. The van der Waals surface area contributed by atoms with Crippen molar-refractivity contribution in [1.82, 2.24) is 5.32 Å². The number of hydrogen-bond acceptors (Lipinski definition) is 4. The number of rotatable bonds is 7. The number of carboxylic acids is 1. The minimum Gasteiger partial charge on any atom is -0.480 e. The highest BCUT2D eigenvalue weighted by Crippen LogP contribution is 2.17. The fourth-order valence-corrected chi connectivity index (χ4v) is 2.46. The van der Waals surface area contributed by atoms with Gasteiger partial charge in [-0.2, -0.15) is 0 Å². The van der Waals surface area contributed by atoms with Crippen LogP contribution in [0.5, 0.6) is 0 Å². The maximum Gasteiger partial charge on any atom is 0.326 e. The van der Waals surface area contributed by atoms with Crippen molar-refractivity contribution in [2.45, 2.75) is 25.5 Å². The zero-order chi connectivity index (χ0) is 15.8. The first kappa shape index (κ1) is 16.5. The van der Waals surface area contributed by atoms with Crippen LogP contribution in [0, 0.1) is 5.92 Å². The topological polar surface area (TPSA) is 84.9 Å². The molecule has 2 atom stereocenters. The first-order chi connectivity index (χ1) is 10.7. The Morgan fingerprint density at radius 3 is 2.77 bits per heavy atom. The molecule has 0 radical (unpaired) electrons. The summed E-state index contributed by atoms with van der Waals surface area (Å²) >= 11 is 0. The molecular weight excluding hydrogens is 286 g/mol. The van der Waals surface area contributed by atoms with E-state index in [9.17, 15) is 14.7 Å². The molecule has 6 nitrogen and oxygen atoms in total. The highest BCUT2D eigenvalue weighted by atomic mass is 16.5. The Hall–Kier alpha value is -1.92. The van der Waals surface area contributed by atoms with Gasteiger partial charge >= 0.3 is 5.97 Å². The molecule has 120 valence electrons. The van der Waals surface area contributed by atoms with Crippen molar-refractivity contribution in [3.63, 3.8) is 0 Å². The van der Waals surface area contributed by atoms with Crippen LogP contribution in [0.25, 0.3) is 0 Å². The van der Waals surface area contributed by atoms with Gasteiger partial charge in [0.15, 0.2) is 0 Å². The number of aliphatic carboxylic acids is 1. The van der Waals surface area contributed by atoms with Crippen molar-refractivity contribution >= 4 is 11.9 Å². The molecule has 1 aliphatic rings. The van der Waals surface area contributed by atoms with Crippen molar-refractivity contribution in [2.75, 3.05) is 19.8 Å². The quantitative estimate of drug-likeness (QED) is 0.790. The molecular formula is C16H21NO5. The van der Waals surface area contributed by atoms with Crippen molar-refractivity contribution < 1.29 is 24.2 Å². The zero-order valence-electron chi connectivity index (χ0n) is 12.4. The predicted molar refractivity (Wildman–Crippen MR) is 79.2 cm³/mol. The minimum atomic E-state index is -1.04. The van der Waals surface area contributed by atoms with Crippen LogP contribution in [-0.2, 0) is 25.7 Å². The number of carboxylic acid groups (broad SMARTS) is 1. The summed E-state index contributed by atoms with van der Waals surface area (Å²) in [6.07, 6.45) is 1.55. The van der Waals surface area contributed by atoms with Crippen molar-refractivity contribution in [2.24, 2.45) is 5.92 Å². The van der Waals surface area contributed by atoms with Crippen LogP contribution >= 0.6 is 0 Å². The van der Waals surface area contributed by atoms with E-state index in [4.69, 9.17) is 9.47 Å². The standard InChI is InChI=1S/C16H21NO5/c18-14(11-22-9-12-5-2-1-3-6-12)17-15(16(19)20)13-7-4-8-21-10-13/h1-3,5-6,13,15H,4,7-11H2,(H,17,18)(H,19,20). The van der Waals surface area contributed by atoms with Gasteiger partial charge in [-0.05, 0) is 18.4 Å². The Kier molecular flexibility index (Phi) is 6.36. The number of amides is 1. The summed E-state index contributed by atoms with van der Waals surface area (Å²) in [5, 5.41) is 11.8. The van der Waals surface area contributed by atoms with E-state index in [0.717, 1.165) is 18.4 Å². The Labute approximate surface area is 129 Å². The molecule has 2 unspecified atom stereocenters. The van der Waals surface area contributed by atoms with E-state index in [-0.39, 0.29) is 12.5 Å². The third-order valence-corrected chi connectivity index (χ3v) is 3.59. The largest absolute Gasteiger partial charge is 0.480 e. The van der Waals surface area contributed by atoms with E-state index in [1.54, 1.807) is 0 Å². The molecule has 1 heterocycles. The lowest BCUT2D eigenvalue weighted by Gasteiger charge is -2.28. The van der Waals surface area contributed by atoms with E-state index in [1.165, 1.54) is 0 Å². The second-order valence-electron chi connectivity index (χ2n) is 5.34. The van der Waals surface area contributed by atoms with E-state index < -0.39 is 17.9 Å². The summed E-state index contributed by atoms with van der Waals surface area (Å²) in [7, 11) is 0. The molecule has 1 aromatic rings. The van der Waals surface area contributed by atoms with Gasteiger partial charge in [0.2, 0.25) is 5.91 Å². The number of benzene rings is 1. The van der Waals surface area contributed by atoms with Gasteiger partial charge < -0.3 is 19.9 Å². The third-order valence-electron chi connectivity index (χ3n) is 3.59. The Morgan fingerprint density at radius 2 is 2.14 bits per heavy atom. The van der Waals surface area contributed by atoms with Gasteiger partial charge in [-0.25, -0.2) is 4.79 Å². The first-order valence-corrected chi connectivity index (χ1v) is 7.38. The summed E-state index contributed by atoms with van der Waals surface area (Å²) in [4.78, 5) is 23.2. The number of nitrogens with one attached hydrogen (secondary N) is 1. The molecule has 0 saturated carbocycles. The molecule has 1 fully saturated rings. The number of carbonyl (C=O) groups excluding carboxylic acids is 1. The lowest BCUT2D eigenvalue weighted by atomic mass is 9.94. The van der Waals surface area contributed by atoms with Crippen LogP contribution < -0.4 is 5.32 Å². The summed E-state index contributed by atoms with van der Waals surface area (Å²) in [6, 6.07) is 8.56. The van der Waals surface area contributed by atoms with Crippen LogP contribution in [0.1, 0.15) is 18.4 Å². The molecule has 1 amide bonds. The summed E-state index contributed by atoms with van der Waals surface area (Å²) in [6.45, 7) is 1.17. The van der Waals surface area contributed by atoms with Crippen molar-refractivity contribution in [1.29, 1.82) is 0 Å². The molecule has 1 aliphatic heterocycles. The monoisotopic (exact) mass is 307 g/mol. The smallest absolute Gasteiger partial charge is 0.326 e. The normalized spacial score (nSPS) is 19.4. The van der Waals surface area contributed by atoms with Crippen LogP contribution in [0.2, 0.25) is 0 Å². The molecule has 0 aliphatic carbocycles. The molecule has 22 heavy (non-hydrogen) atoms. The zero-order valence-corrected chi connectivity index (χ0v) is 12.4. The number of carbonyl (C=O) groups is 2. The van der Waals surface area contributed by atoms with E-state index in [2.05, 4.69) is 5.32 Å². The second-order valence-corrected chi connectivity index (χ2v) is 5.34. The van der Waals surface area contributed by atoms with Gasteiger partial charge in [-0.15, -0.1) is 0 Å². The SMILES string of the molecule is O=C(COCc1ccccc1)NC(C(=O)O)C1CCCOC1. The van der Waals surface area contributed by atoms with Crippen LogP contribution in [-0.4, -0.2) is 42.8 Å². The maximum absolute atomic E-state index is 11.9.